The van der Waals surface area contributed by atoms with Gasteiger partial charge in [-0.3, -0.25) is 0 Å². The van der Waals surface area contributed by atoms with Gasteiger partial charge in [0, 0.05) is 11.9 Å². The Labute approximate surface area is 150 Å². The Balaban J connectivity index is 1.73. The van der Waals surface area contributed by atoms with Crippen LogP contribution >= 0.6 is 23.2 Å². The lowest BCUT2D eigenvalue weighted by Gasteiger charge is -2.15. The molecule has 0 saturated carbocycles. The molecule has 0 aliphatic rings. The highest BCUT2D eigenvalue weighted by Gasteiger charge is 2.07. The van der Waals surface area contributed by atoms with Gasteiger partial charge in [-0.2, -0.15) is 4.98 Å². The molecule has 0 radical (unpaired) electrons. The molecule has 122 valence electrons. The average molecular weight is 359 g/mol. The van der Waals surface area contributed by atoms with Crippen molar-refractivity contribution in [1.82, 2.24) is 9.97 Å². The monoisotopic (exact) mass is 358 g/mol. The molecule has 3 rings (SSSR count). The molecule has 1 aromatic heterocycles. The van der Waals surface area contributed by atoms with E-state index in [0.717, 1.165) is 5.69 Å². The van der Waals surface area contributed by atoms with Gasteiger partial charge in [0.25, 0.3) is 0 Å². The second kappa shape index (κ2) is 7.51. The quantitative estimate of drug-likeness (QED) is 0.614. The molecule has 1 unspecified atom stereocenters. The maximum Gasteiger partial charge on any atom is 0.225 e. The van der Waals surface area contributed by atoms with Crippen molar-refractivity contribution in [3.05, 3.63) is 76.4 Å². The molecular formula is C18H16Cl2N4. The lowest BCUT2D eigenvalue weighted by Crippen LogP contribution is -2.09. The first-order valence-electron chi connectivity index (χ1n) is 7.48. The zero-order valence-corrected chi connectivity index (χ0v) is 14.5. The summed E-state index contributed by atoms with van der Waals surface area (Å²) >= 11 is 12.0. The molecule has 2 aromatic carbocycles. The maximum absolute atomic E-state index is 6.03. The molecule has 0 amide bonds. The Morgan fingerprint density at radius 2 is 1.75 bits per heavy atom. The number of nitrogens with zero attached hydrogens (tertiary/aromatic N) is 2. The number of rotatable bonds is 5. The summed E-state index contributed by atoms with van der Waals surface area (Å²) in [6, 6.07) is 17.4. The zero-order valence-electron chi connectivity index (χ0n) is 13.0. The number of hydrogen-bond donors (Lipinski definition) is 2. The summed E-state index contributed by atoms with van der Waals surface area (Å²) < 4.78 is 0. The number of nitrogens with one attached hydrogen (secondary N) is 2. The highest BCUT2D eigenvalue weighted by atomic mass is 35.5. The molecule has 0 aliphatic carbocycles. The van der Waals surface area contributed by atoms with Crippen LogP contribution in [0.4, 0.5) is 17.5 Å². The van der Waals surface area contributed by atoms with E-state index in [2.05, 4.69) is 39.7 Å². The number of halogens is 2. The van der Waals surface area contributed by atoms with Crippen molar-refractivity contribution in [1.29, 1.82) is 0 Å². The van der Waals surface area contributed by atoms with Gasteiger partial charge in [0.15, 0.2) is 0 Å². The zero-order chi connectivity index (χ0) is 16.9. The van der Waals surface area contributed by atoms with Crippen LogP contribution in [0, 0.1) is 0 Å². The lowest BCUT2D eigenvalue weighted by atomic mass is 10.1. The Morgan fingerprint density at radius 1 is 0.958 bits per heavy atom. The second-order valence-corrected chi connectivity index (χ2v) is 6.11. The molecule has 0 spiro atoms. The van der Waals surface area contributed by atoms with E-state index in [1.807, 2.05) is 24.3 Å². The molecule has 0 aliphatic heterocycles. The van der Waals surface area contributed by atoms with Crippen molar-refractivity contribution in [2.75, 3.05) is 10.6 Å². The smallest absolute Gasteiger partial charge is 0.225 e. The van der Waals surface area contributed by atoms with Gasteiger partial charge in [0.05, 0.1) is 16.1 Å². The minimum absolute atomic E-state index is 0.103. The molecule has 1 heterocycles. The molecule has 0 saturated heterocycles. The van der Waals surface area contributed by atoms with Crippen molar-refractivity contribution in [2.24, 2.45) is 0 Å². The predicted octanol–water partition coefficient (Wildman–Crippen LogP) is 5.70. The van der Waals surface area contributed by atoms with E-state index in [1.165, 1.54) is 5.56 Å². The van der Waals surface area contributed by atoms with E-state index in [4.69, 9.17) is 23.2 Å². The van der Waals surface area contributed by atoms with Gasteiger partial charge in [0.1, 0.15) is 5.82 Å². The van der Waals surface area contributed by atoms with Crippen LogP contribution in [0.15, 0.2) is 60.8 Å². The fourth-order valence-electron chi connectivity index (χ4n) is 2.24. The molecule has 2 N–H and O–H groups in total. The van der Waals surface area contributed by atoms with Crippen molar-refractivity contribution in [3.8, 4) is 0 Å². The van der Waals surface area contributed by atoms with Crippen LogP contribution in [-0.4, -0.2) is 9.97 Å². The van der Waals surface area contributed by atoms with E-state index in [1.54, 1.807) is 24.4 Å². The van der Waals surface area contributed by atoms with Crippen LogP contribution in [0.3, 0.4) is 0 Å². The minimum Gasteiger partial charge on any atom is -0.348 e. The molecule has 1 atom stereocenters. The maximum atomic E-state index is 6.03. The van der Waals surface area contributed by atoms with Crippen LogP contribution in [0.25, 0.3) is 0 Å². The van der Waals surface area contributed by atoms with E-state index >= 15 is 0 Å². The van der Waals surface area contributed by atoms with Gasteiger partial charge < -0.3 is 10.6 Å². The Morgan fingerprint density at radius 3 is 2.50 bits per heavy atom. The van der Waals surface area contributed by atoms with Gasteiger partial charge in [-0.15, -0.1) is 0 Å². The molecule has 24 heavy (non-hydrogen) atoms. The van der Waals surface area contributed by atoms with Crippen molar-refractivity contribution in [3.63, 3.8) is 0 Å². The molecule has 0 bridgehead atoms. The van der Waals surface area contributed by atoms with E-state index < -0.39 is 0 Å². The van der Waals surface area contributed by atoms with Crippen molar-refractivity contribution >= 4 is 40.7 Å². The van der Waals surface area contributed by atoms with E-state index in [9.17, 15) is 0 Å². The third kappa shape index (κ3) is 4.16. The van der Waals surface area contributed by atoms with Gasteiger partial charge in [-0.1, -0.05) is 53.5 Å². The summed E-state index contributed by atoms with van der Waals surface area (Å²) in [5.41, 5.74) is 1.98. The Bertz CT molecular complexity index is 824. The summed E-state index contributed by atoms with van der Waals surface area (Å²) in [6.45, 7) is 2.07. The van der Waals surface area contributed by atoms with Gasteiger partial charge in [-0.25, -0.2) is 4.98 Å². The topological polar surface area (TPSA) is 49.8 Å². The first-order chi connectivity index (χ1) is 11.6. The highest BCUT2D eigenvalue weighted by Crippen LogP contribution is 2.26. The summed E-state index contributed by atoms with van der Waals surface area (Å²) in [5.74, 6) is 1.22. The third-order valence-electron chi connectivity index (χ3n) is 3.49. The average Bonchev–Trinajstić information content (AvgIpc) is 2.59. The molecule has 4 nitrogen and oxygen atoms in total. The van der Waals surface area contributed by atoms with Gasteiger partial charge >= 0.3 is 0 Å². The van der Waals surface area contributed by atoms with E-state index in [-0.39, 0.29) is 6.04 Å². The number of benzene rings is 2. The number of hydrogen-bond acceptors (Lipinski definition) is 4. The van der Waals surface area contributed by atoms with Gasteiger partial charge in [-0.05, 0) is 36.8 Å². The Kier molecular flexibility index (Phi) is 5.18. The first-order valence-corrected chi connectivity index (χ1v) is 8.24. The molecule has 0 fully saturated rings. The molecule has 6 heteroatoms. The second-order valence-electron chi connectivity index (χ2n) is 5.30. The summed E-state index contributed by atoms with van der Waals surface area (Å²) in [7, 11) is 0. The van der Waals surface area contributed by atoms with Crippen LogP contribution < -0.4 is 10.6 Å². The van der Waals surface area contributed by atoms with Crippen molar-refractivity contribution in [2.45, 2.75) is 13.0 Å². The standard InChI is InChI=1S/C18H16Cl2N4/c1-12(13-5-3-2-4-6-13)22-18-21-10-9-17(24-18)23-14-7-8-15(19)16(20)11-14/h2-12H,1H3,(H2,21,22,23,24). The fraction of sp³-hybridized carbons (Fsp3) is 0.111. The van der Waals surface area contributed by atoms with Crippen LogP contribution in [0.2, 0.25) is 10.0 Å². The summed E-state index contributed by atoms with van der Waals surface area (Å²) in [5, 5.41) is 7.50. The number of anilines is 3. The highest BCUT2D eigenvalue weighted by molar-refractivity contribution is 6.42. The normalized spacial score (nSPS) is 11.8. The van der Waals surface area contributed by atoms with Gasteiger partial charge in [0.2, 0.25) is 5.95 Å². The van der Waals surface area contributed by atoms with E-state index in [0.29, 0.717) is 21.8 Å². The van der Waals surface area contributed by atoms with Crippen LogP contribution in [0.5, 0.6) is 0 Å². The predicted molar refractivity (Wildman–Crippen MR) is 100 cm³/mol. The van der Waals surface area contributed by atoms with Crippen LogP contribution in [-0.2, 0) is 0 Å². The van der Waals surface area contributed by atoms with Crippen LogP contribution in [0.1, 0.15) is 18.5 Å². The SMILES string of the molecule is CC(Nc1nccc(Nc2ccc(Cl)c(Cl)c2)n1)c1ccccc1. The lowest BCUT2D eigenvalue weighted by molar-refractivity contribution is 0.861. The fourth-order valence-corrected chi connectivity index (χ4v) is 2.54. The first kappa shape index (κ1) is 16.6. The summed E-state index contributed by atoms with van der Waals surface area (Å²) in [4.78, 5) is 8.74. The molecule has 3 aromatic rings. The number of aromatic nitrogens is 2. The van der Waals surface area contributed by atoms with Crippen molar-refractivity contribution < 1.29 is 0 Å². The minimum atomic E-state index is 0.103. The molecular weight excluding hydrogens is 343 g/mol. The summed E-state index contributed by atoms with van der Waals surface area (Å²) in [6.07, 6.45) is 1.70. The Hall–Kier alpha value is -2.30. The largest absolute Gasteiger partial charge is 0.348 e. The third-order valence-corrected chi connectivity index (χ3v) is 4.23.